The van der Waals surface area contributed by atoms with Gasteiger partial charge in [0.25, 0.3) is 0 Å². The van der Waals surface area contributed by atoms with E-state index in [4.69, 9.17) is 16.6 Å². The molecule has 15 heteroatoms. The standard InChI is InChI=1S/C18H27N7O8/c1-8(15(29)25-12(18(32)33)4-9-6-21-7-22-9)23-17(31)11(5-14(27)28)24-16(30)10(19)2-3-13(20)26/h6-8,10-12H,2-5,19H2,1H3,(H2,20,26)(H,21,22)(H,23,31)(H,24,30)(H,25,29)(H,27,28)(H,32,33). The quantitative estimate of drug-likeness (QED) is 0.134. The molecule has 182 valence electrons. The van der Waals surface area contributed by atoms with Gasteiger partial charge in [-0.15, -0.1) is 0 Å². The van der Waals surface area contributed by atoms with Gasteiger partial charge < -0.3 is 42.6 Å². The number of nitrogens with two attached hydrogens (primary N) is 2. The van der Waals surface area contributed by atoms with Gasteiger partial charge in [-0.1, -0.05) is 0 Å². The summed E-state index contributed by atoms with van der Waals surface area (Å²) in [7, 11) is 0. The van der Waals surface area contributed by atoms with Gasteiger partial charge in [0.2, 0.25) is 23.6 Å². The van der Waals surface area contributed by atoms with Gasteiger partial charge in [-0.05, 0) is 13.3 Å². The molecular formula is C18H27N7O8. The normalized spacial score (nSPS) is 14.2. The van der Waals surface area contributed by atoms with Crippen LogP contribution in [0, 0.1) is 0 Å². The minimum Gasteiger partial charge on any atom is -0.481 e. The lowest BCUT2D eigenvalue weighted by atomic mass is 10.1. The first-order valence-electron chi connectivity index (χ1n) is 9.77. The molecule has 0 spiro atoms. The first-order valence-corrected chi connectivity index (χ1v) is 9.77. The minimum atomic E-state index is -1.58. The SMILES string of the molecule is CC(NC(=O)C(CC(=O)O)NC(=O)C(N)CCC(N)=O)C(=O)NC(Cc1cnc[nH]1)C(=O)O. The Hall–Kier alpha value is -4.01. The average Bonchev–Trinajstić information content (AvgIpc) is 3.23. The van der Waals surface area contributed by atoms with E-state index in [2.05, 4.69) is 25.9 Å². The number of hydrogen-bond donors (Lipinski definition) is 8. The number of carboxylic acid groups (broad SMARTS) is 2. The van der Waals surface area contributed by atoms with Crippen molar-refractivity contribution in [1.29, 1.82) is 0 Å². The van der Waals surface area contributed by atoms with Crippen LogP contribution < -0.4 is 27.4 Å². The fraction of sp³-hybridized carbons (Fsp3) is 0.500. The zero-order chi connectivity index (χ0) is 25.1. The van der Waals surface area contributed by atoms with Crippen molar-refractivity contribution in [3.8, 4) is 0 Å². The molecule has 0 aliphatic carbocycles. The van der Waals surface area contributed by atoms with Crippen LogP contribution in [0.25, 0.3) is 0 Å². The zero-order valence-electron chi connectivity index (χ0n) is 17.7. The number of carbonyl (C=O) groups excluding carboxylic acids is 4. The molecule has 0 saturated carbocycles. The summed E-state index contributed by atoms with van der Waals surface area (Å²) in [5, 5.41) is 25.0. The number of carbonyl (C=O) groups is 6. The van der Waals surface area contributed by atoms with Crippen LogP contribution in [0.15, 0.2) is 12.5 Å². The fourth-order valence-corrected chi connectivity index (χ4v) is 2.58. The minimum absolute atomic E-state index is 0.0946. The summed E-state index contributed by atoms with van der Waals surface area (Å²) in [6.45, 7) is 1.25. The largest absolute Gasteiger partial charge is 0.481 e. The highest BCUT2D eigenvalue weighted by Crippen LogP contribution is 2.02. The van der Waals surface area contributed by atoms with E-state index < -0.39 is 66.2 Å². The number of nitrogens with zero attached hydrogens (tertiary/aromatic N) is 1. The molecule has 0 aliphatic rings. The number of aliphatic carboxylic acids is 2. The van der Waals surface area contributed by atoms with Crippen LogP contribution >= 0.6 is 0 Å². The van der Waals surface area contributed by atoms with Gasteiger partial charge in [0.1, 0.15) is 18.1 Å². The molecule has 33 heavy (non-hydrogen) atoms. The molecule has 0 aliphatic heterocycles. The Kier molecular flexibility index (Phi) is 10.4. The second-order valence-electron chi connectivity index (χ2n) is 7.18. The molecule has 0 saturated heterocycles. The third-order valence-electron chi connectivity index (χ3n) is 4.40. The van der Waals surface area contributed by atoms with Crippen LogP contribution in [0.4, 0.5) is 0 Å². The predicted octanol–water partition coefficient (Wildman–Crippen LogP) is -3.42. The van der Waals surface area contributed by atoms with Crippen molar-refractivity contribution >= 4 is 35.6 Å². The Bertz CT molecular complexity index is 873. The number of rotatable bonds is 14. The number of primary amides is 1. The summed E-state index contributed by atoms with van der Waals surface area (Å²) in [6, 6.07) is -5.39. The van der Waals surface area contributed by atoms with Crippen molar-refractivity contribution in [2.75, 3.05) is 0 Å². The fourth-order valence-electron chi connectivity index (χ4n) is 2.58. The summed E-state index contributed by atoms with van der Waals surface area (Å²) >= 11 is 0. The lowest BCUT2D eigenvalue weighted by molar-refractivity contribution is -0.143. The van der Waals surface area contributed by atoms with Crippen molar-refractivity contribution in [3.63, 3.8) is 0 Å². The number of aromatic amines is 1. The molecule has 15 nitrogen and oxygen atoms in total. The van der Waals surface area contributed by atoms with E-state index in [9.17, 15) is 33.9 Å². The highest BCUT2D eigenvalue weighted by molar-refractivity contribution is 5.95. The van der Waals surface area contributed by atoms with Crippen molar-refractivity contribution < 1.29 is 39.0 Å². The number of aromatic nitrogens is 2. The van der Waals surface area contributed by atoms with Crippen LogP contribution in [-0.4, -0.2) is 79.9 Å². The molecule has 1 heterocycles. The molecule has 1 rings (SSSR count). The van der Waals surface area contributed by atoms with Gasteiger partial charge in [-0.25, -0.2) is 9.78 Å². The van der Waals surface area contributed by atoms with Gasteiger partial charge in [-0.3, -0.25) is 24.0 Å². The number of hydrogen-bond acceptors (Lipinski definition) is 8. The lowest BCUT2D eigenvalue weighted by Crippen LogP contribution is -2.57. The monoisotopic (exact) mass is 469 g/mol. The van der Waals surface area contributed by atoms with Crippen LogP contribution in [0.3, 0.4) is 0 Å². The van der Waals surface area contributed by atoms with Crippen LogP contribution in [0.5, 0.6) is 0 Å². The van der Waals surface area contributed by atoms with E-state index in [1.54, 1.807) is 0 Å². The van der Waals surface area contributed by atoms with E-state index in [0.29, 0.717) is 5.69 Å². The molecule has 4 atom stereocenters. The van der Waals surface area contributed by atoms with Crippen LogP contribution in [0.2, 0.25) is 0 Å². The second-order valence-corrected chi connectivity index (χ2v) is 7.18. The Morgan fingerprint density at radius 3 is 2.18 bits per heavy atom. The highest BCUT2D eigenvalue weighted by atomic mass is 16.4. The maximum Gasteiger partial charge on any atom is 0.326 e. The molecule has 0 aromatic carbocycles. The van der Waals surface area contributed by atoms with E-state index >= 15 is 0 Å². The van der Waals surface area contributed by atoms with Gasteiger partial charge in [0, 0.05) is 24.7 Å². The molecule has 1 aromatic rings. The Morgan fingerprint density at radius 1 is 1.03 bits per heavy atom. The zero-order valence-corrected chi connectivity index (χ0v) is 17.7. The van der Waals surface area contributed by atoms with Gasteiger partial charge in [-0.2, -0.15) is 0 Å². The van der Waals surface area contributed by atoms with Crippen molar-refractivity contribution in [3.05, 3.63) is 18.2 Å². The van der Waals surface area contributed by atoms with E-state index in [1.165, 1.54) is 19.4 Å². The van der Waals surface area contributed by atoms with Gasteiger partial charge in [0.15, 0.2) is 0 Å². The molecule has 0 radical (unpaired) electrons. The smallest absolute Gasteiger partial charge is 0.326 e. The van der Waals surface area contributed by atoms with E-state index in [1.807, 2.05) is 0 Å². The molecule has 4 amide bonds. The summed E-state index contributed by atoms with van der Waals surface area (Å²) in [5.74, 6) is -6.17. The number of nitrogens with one attached hydrogen (secondary N) is 4. The maximum absolute atomic E-state index is 12.5. The molecule has 4 unspecified atom stereocenters. The highest BCUT2D eigenvalue weighted by Gasteiger charge is 2.30. The maximum atomic E-state index is 12.5. The summed E-state index contributed by atoms with van der Waals surface area (Å²) < 4.78 is 0. The summed E-state index contributed by atoms with van der Waals surface area (Å²) in [4.78, 5) is 76.8. The topological polar surface area (TPSA) is 260 Å². The van der Waals surface area contributed by atoms with E-state index in [-0.39, 0.29) is 19.3 Å². The first kappa shape index (κ1) is 27.0. The third kappa shape index (κ3) is 9.77. The molecule has 10 N–H and O–H groups in total. The van der Waals surface area contributed by atoms with Crippen LogP contribution in [-0.2, 0) is 35.2 Å². The Labute approximate surface area is 187 Å². The van der Waals surface area contributed by atoms with Crippen LogP contribution in [0.1, 0.15) is 31.9 Å². The Balaban J connectivity index is 2.75. The predicted molar refractivity (Wildman–Crippen MR) is 110 cm³/mol. The summed E-state index contributed by atoms with van der Waals surface area (Å²) in [6.07, 6.45) is 1.52. The molecular weight excluding hydrogens is 442 g/mol. The number of imidazole rings is 1. The van der Waals surface area contributed by atoms with Crippen molar-refractivity contribution in [2.24, 2.45) is 11.5 Å². The van der Waals surface area contributed by atoms with E-state index in [0.717, 1.165) is 0 Å². The number of H-pyrrole nitrogens is 1. The van der Waals surface area contributed by atoms with Gasteiger partial charge >= 0.3 is 11.9 Å². The third-order valence-corrected chi connectivity index (χ3v) is 4.40. The number of amides is 4. The van der Waals surface area contributed by atoms with Crippen molar-refractivity contribution in [1.82, 2.24) is 25.9 Å². The van der Waals surface area contributed by atoms with Gasteiger partial charge in [0.05, 0.1) is 18.8 Å². The molecule has 0 bridgehead atoms. The average molecular weight is 469 g/mol. The molecule has 1 aromatic heterocycles. The first-order chi connectivity index (χ1) is 15.4. The second kappa shape index (κ2) is 12.7. The Morgan fingerprint density at radius 2 is 1.67 bits per heavy atom. The summed E-state index contributed by atoms with van der Waals surface area (Å²) in [5.41, 5.74) is 11.0. The number of carboxylic acids is 2. The molecule has 0 fully saturated rings. The lowest BCUT2D eigenvalue weighted by Gasteiger charge is -2.22. The van der Waals surface area contributed by atoms with Crippen molar-refractivity contribution in [2.45, 2.75) is 56.8 Å².